The summed E-state index contributed by atoms with van der Waals surface area (Å²) in [4.78, 5) is 25.9. The van der Waals surface area contributed by atoms with Crippen molar-refractivity contribution in [3.63, 3.8) is 0 Å². The van der Waals surface area contributed by atoms with Crippen molar-refractivity contribution < 1.29 is 19.1 Å². The average molecular weight is 268 g/mol. The highest BCUT2D eigenvalue weighted by molar-refractivity contribution is 7.18. The second-order valence-electron chi connectivity index (χ2n) is 3.61. The fourth-order valence-electron chi connectivity index (χ4n) is 1.49. The number of hydrogen-bond acceptors (Lipinski definition) is 4. The number of nitrogens with one attached hydrogen (secondary N) is 1. The number of carbonyl (C=O) groups excluding carboxylic acids is 1. The predicted octanol–water partition coefficient (Wildman–Crippen LogP) is 1.56. The number of thiazole rings is 1. The minimum Gasteiger partial charge on any atom is -0.480 e. The Morgan fingerprint density at radius 2 is 2.22 bits per heavy atom. The molecule has 5 nitrogen and oxygen atoms in total. The largest absolute Gasteiger partial charge is 0.480 e. The predicted molar refractivity (Wildman–Crippen MR) is 64.3 cm³/mol. The average Bonchev–Trinajstić information content (AvgIpc) is 2.67. The molecule has 0 bridgehead atoms. The number of hydrogen-bond donors (Lipinski definition) is 2. The van der Waals surface area contributed by atoms with E-state index < -0.39 is 24.2 Å². The molecule has 0 saturated carbocycles. The van der Waals surface area contributed by atoms with Gasteiger partial charge in [0.05, 0.1) is 9.71 Å². The number of carboxylic acids is 1. The van der Waals surface area contributed by atoms with E-state index in [1.807, 2.05) is 0 Å². The minimum absolute atomic E-state index is 0.0879. The molecule has 0 saturated heterocycles. The Hall–Kier alpha value is -2.02. The molecule has 2 N–H and O–H groups in total. The van der Waals surface area contributed by atoms with Crippen LogP contribution in [0.2, 0.25) is 0 Å². The molecule has 1 heterocycles. The van der Waals surface area contributed by atoms with Crippen molar-refractivity contribution in [2.45, 2.75) is 6.92 Å². The lowest BCUT2D eigenvalue weighted by atomic mass is 10.2. The summed E-state index contributed by atoms with van der Waals surface area (Å²) in [6.07, 6.45) is 0. The van der Waals surface area contributed by atoms with E-state index in [0.29, 0.717) is 9.71 Å². The van der Waals surface area contributed by atoms with Crippen molar-refractivity contribution in [1.29, 1.82) is 0 Å². The van der Waals surface area contributed by atoms with Crippen LogP contribution in [0.15, 0.2) is 12.1 Å². The number of carboxylic acid groups (broad SMARTS) is 1. The first kappa shape index (κ1) is 12.4. The summed E-state index contributed by atoms with van der Waals surface area (Å²) in [7, 11) is 0. The molecule has 7 heteroatoms. The Morgan fingerprint density at radius 3 is 2.89 bits per heavy atom. The highest BCUT2D eigenvalue weighted by Gasteiger charge is 2.13. The van der Waals surface area contributed by atoms with E-state index in [1.54, 1.807) is 6.92 Å². The summed E-state index contributed by atoms with van der Waals surface area (Å²) in [6, 6.07) is 2.55. The SMILES string of the molecule is Cc1nc2c(F)cc(C(=O)NCC(=O)O)cc2s1. The van der Waals surface area contributed by atoms with Gasteiger partial charge in [-0.15, -0.1) is 11.3 Å². The second kappa shape index (κ2) is 4.69. The Kier molecular flexibility index (Phi) is 3.24. The van der Waals surface area contributed by atoms with Crippen LogP contribution in [0.4, 0.5) is 4.39 Å². The first-order valence-corrected chi connectivity index (χ1v) is 5.85. The zero-order valence-corrected chi connectivity index (χ0v) is 10.2. The highest BCUT2D eigenvalue weighted by Crippen LogP contribution is 2.25. The Balaban J connectivity index is 2.34. The molecule has 0 aliphatic carbocycles. The summed E-state index contributed by atoms with van der Waals surface area (Å²) in [5, 5.41) is 11.3. The fraction of sp³-hybridized carbons (Fsp3) is 0.182. The van der Waals surface area contributed by atoms with E-state index in [0.717, 1.165) is 6.07 Å². The number of aromatic nitrogens is 1. The molecule has 2 rings (SSSR count). The first-order valence-electron chi connectivity index (χ1n) is 5.04. The van der Waals surface area contributed by atoms with Crippen LogP contribution < -0.4 is 5.32 Å². The number of amides is 1. The zero-order valence-electron chi connectivity index (χ0n) is 9.36. The number of fused-ring (bicyclic) bond motifs is 1. The molecular weight excluding hydrogens is 259 g/mol. The van der Waals surface area contributed by atoms with Crippen LogP contribution in [-0.2, 0) is 4.79 Å². The van der Waals surface area contributed by atoms with Gasteiger partial charge in [0, 0.05) is 5.56 Å². The number of rotatable bonds is 3. The Morgan fingerprint density at radius 1 is 1.50 bits per heavy atom. The van der Waals surface area contributed by atoms with Gasteiger partial charge in [-0.25, -0.2) is 9.37 Å². The van der Waals surface area contributed by atoms with Crippen LogP contribution in [0.25, 0.3) is 10.2 Å². The molecule has 1 amide bonds. The van der Waals surface area contributed by atoms with E-state index in [2.05, 4.69) is 10.3 Å². The number of carbonyl (C=O) groups is 2. The van der Waals surface area contributed by atoms with Crippen LogP contribution in [0.1, 0.15) is 15.4 Å². The van der Waals surface area contributed by atoms with Gasteiger partial charge in [-0.05, 0) is 19.1 Å². The van der Waals surface area contributed by atoms with E-state index >= 15 is 0 Å². The van der Waals surface area contributed by atoms with Crippen molar-refractivity contribution >= 4 is 33.4 Å². The Bertz CT molecular complexity index is 638. The molecule has 0 radical (unpaired) electrons. The molecule has 94 valence electrons. The maximum Gasteiger partial charge on any atom is 0.322 e. The fourth-order valence-corrected chi connectivity index (χ4v) is 2.37. The minimum atomic E-state index is -1.15. The van der Waals surface area contributed by atoms with Gasteiger partial charge in [-0.2, -0.15) is 0 Å². The normalized spacial score (nSPS) is 10.6. The van der Waals surface area contributed by atoms with Gasteiger partial charge in [-0.1, -0.05) is 0 Å². The topological polar surface area (TPSA) is 79.3 Å². The van der Waals surface area contributed by atoms with Crippen molar-refractivity contribution in [3.05, 3.63) is 28.5 Å². The maximum absolute atomic E-state index is 13.7. The number of nitrogens with zero attached hydrogens (tertiary/aromatic N) is 1. The van der Waals surface area contributed by atoms with Crippen LogP contribution in [0.5, 0.6) is 0 Å². The molecule has 18 heavy (non-hydrogen) atoms. The molecule has 0 unspecified atom stereocenters. The van der Waals surface area contributed by atoms with E-state index in [9.17, 15) is 14.0 Å². The number of aliphatic carboxylic acids is 1. The zero-order chi connectivity index (χ0) is 13.3. The summed E-state index contributed by atoms with van der Waals surface area (Å²) in [6.45, 7) is 1.24. The lowest BCUT2D eigenvalue weighted by Crippen LogP contribution is -2.29. The van der Waals surface area contributed by atoms with Gasteiger partial charge < -0.3 is 10.4 Å². The maximum atomic E-state index is 13.7. The van der Waals surface area contributed by atoms with Crippen LogP contribution >= 0.6 is 11.3 Å². The number of benzene rings is 1. The molecule has 0 atom stereocenters. The summed E-state index contributed by atoms with van der Waals surface area (Å²) >= 11 is 1.27. The van der Waals surface area contributed by atoms with Crippen molar-refractivity contribution in [2.75, 3.05) is 6.54 Å². The van der Waals surface area contributed by atoms with E-state index in [-0.39, 0.29) is 11.1 Å². The third-order valence-corrected chi connectivity index (χ3v) is 3.14. The third-order valence-electron chi connectivity index (χ3n) is 2.22. The second-order valence-corrected chi connectivity index (χ2v) is 4.85. The molecule has 0 aliphatic heterocycles. The summed E-state index contributed by atoms with van der Waals surface area (Å²) < 4.78 is 14.2. The lowest BCUT2D eigenvalue weighted by molar-refractivity contribution is -0.135. The standard InChI is InChI=1S/C11H9FN2O3S/c1-5-14-10-7(12)2-6(3-8(10)18-5)11(17)13-4-9(15)16/h2-3H,4H2,1H3,(H,13,17)(H,15,16). The van der Waals surface area contributed by atoms with Crippen LogP contribution in [0.3, 0.4) is 0 Å². The van der Waals surface area contributed by atoms with Crippen molar-refractivity contribution in [3.8, 4) is 0 Å². The molecule has 0 fully saturated rings. The third kappa shape index (κ3) is 2.45. The van der Waals surface area contributed by atoms with Gasteiger partial charge in [0.1, 0.15) is 12.1 Å². The van der Waals surface area contributed by atoms with Crippen LogP contribution in [-0.4, -0.2) is 28.5 Å². The first-order chi connectivity index (χ1) is 8.47. The molecule has 2 aromatic rings. The monoisotopic (exact) mass is 268 g/mol. The molecular formula is C11H9FN2O3S. The van der Waals surface area contributed by atoms with Crippen LogP contribution in [0, 0.1) is 12.7 Å². The molecule has 0 spiro atoms. The molecule has 0 aliphatic rings. The van der Waals surface area contributed by atoms with Gasteiger partial charge in [0.2, 0.25) is 0 Å². The lowest BCUT2D eigenvalue weighted by Gasteiger charge is -2.02. The van der Waals surface area contributed by atoms with Gasteiger partial charge in [0.15, 0.2) is 5.82 Å². The number of aryl methyl sites for hydroxylation is 1. The number of halogens is 1. The molecule has 1 aromatic heterocycles. The summed E-state index contributed by atoms with van der Waals surface area (Å²) in [5.41, 5.74) is 0.317. The quantitative estimate of drug-likeness (QED) is 0.885. The summed E-state index contributed by atoms with van der Waals surface area (Å²) in [5.74, 6) is -2.36. The van der Waals surface area contributed by atoms with E-state index in [1.165, 1.54) is 17.4 Å². The van der Waals surface area contributed by atoms with Crippen molar-refractivity contribution in [2.24, 2.45) is 0 Å². The van der Waals surface area contributed by atoms with Gasteiger partial charge in [-0.3, -0.25) is 9.59 Å². The molecule has 1 aromatic carbocycles. The Labute approximate surface area is 105 Å². The van der Waals surface area contributed by atoms with Gasteiger partial charge >= 0.3 is 5.97 Å². The highest BCUT2D eigenvalue weighted by atomic mass is 32.1. The smallest absolute Gasteiger partial charge is 0.322 e. The van der Waals surface area contributed by atoms with Gasteiger partial charge in [0.25, 0.3) is 5.91 Å². The van der Waals surface area contributed by atoms with Crippen molar-refractivity contribution in [1.82, 2.24) is 10.3 Å². The van der Waals surface area contributed by atoms with E-state index in [4.69, 9.17) is 5.11 Å².